The minimum absolute atomic E-state index is 0.0801. The molecule has 1 fully saturated rings. The molecule has 4 atom stereocenters. The van der Waals surface area contributed by atoms with Crippen LogP contribution in [0.25, 0.3) is 0 Å². The summed E-state index contributed by atoms with van der Waals surface area (Å²) in [6, 6.07) is 4.22. The van der Waals surface area contributed by atoms with Gasteiger partial charge < -0.3 is 10.5 Å². The zero-order chi connectivity index (χ0) is 13.8. The average molecular weight is 281 g/mol. The summed E-state index contributed by atoms with van der Waals surface area (Å²) in [5.41, 5.74) is 5.92. The van der Waals surface area contributed by atoms with Gasteiger partial charge in [-0.15, -0.1) is 11.3 Å². The standard InChI is InChI=1S/C16H27NOS/c1-11(2)13-7-6-12(3)9-14(13)18-15(10-17)16-5-4-8-19-16/h4-5,8,11-15H,6-7,9-10,17H2,1-3H3. The van der Waals surface area contributed by atoms with Gasteiger partial charge in [-0.1, -0.05) is 33.3 Å². The largest absolute Gasteiger partial charge is 0.368 e. The maximum atomic E-state index is 6.41. The molecule has 4 unspecified atom stereocenters. The molecule has 3 heteroatoms. The molecular weight excluding hydrogens is 254 g/mol. The summed E-state index contributed by atoms with van der Waals surface area (Å²) < 4.78 is 6.41. The SMILES string of the molecule is CC1CCC(C(C)C)C(OC(CN)c2cccs2)C1. The van der Waals surface area contributed by atoms with Crippen molar-refractivity contribution < 1.29 is 4.74 Å². The fraction of sp³-hybridized carbons (Fsp3) is 0.750. The topological polar surface area (TPSA) is 35.2 Å². The fourth-order valence-corrected chi connectivity index (χ4v) is 3.97. The summed E-state index contributed by atoms with van der Waals surface area (Å²) >= 11 is 1.75. The summed E-state index contributed by atoms with van der Waals surface area (Å²) in [5.74, 6) is 2.16. The zero-order valence-corrected chi connectivity index (χ0v) is 13.2. The van der Waals surface area contributed by atoms with Gasteiger partial charge in [0.2, 0.25) is 0 Å². The Kier molecular flexibility index (Phi) is 5.43. The molecule has 0 radical (unpaired) electrons. The molecule has 108 valence electrons. The van der Waals surface area contributed by atoms with Gasteiger partial charge in [-0.2, -0.15) is 0 Å². The van der Waals surface area contributed by atoms with Crippen LogP contribution >= 0.6 is 11.3 Å². The van der Waals surface area contributed by atoms with Gasteiger partial charge in [0.05, 0.1) is 6.10 Å². The van der Waals surface area contributed by atoms with Crippen LogP contribution in [0.1, 0.15) is 51.0 Å². The maximum Gasteiger partial charge on any atom is 0.104 e. The zero-order valence-electron chi connectivity index (χ0n) is 12.3. The highest BCUT2D eigenvalue weighted by Crippen LogP contribution is 2.38. The Morgan fingerprint density at radius 1 is 1.42 bits per heavy atom. The first-order valence-electron chi connectivity index (χ1n) is 7.50. The van der Waals surface area contributed by atoms with E-state index in [4.69, 9.17) is 10.5 Å². The highest BCUT2D eigenvalue weighted by Gasteiger charge is 2.33. The predicted octanol–water partition coefficient (Wildman–Crippen LogP) is 4.23. The van der Waals surface area contributed by atoms with E-state index in [0.29, 0.717) is 24.5 Å². The number of hydrogen-bond acceptors (Lipinski definition) is 3. The quantitative estimate of drug-likeness (QED) is 0.876. The molecule has 0 spiro atoms. The van der Waals surface area contributed by atoms with Gasteiger partial charge in [0.1, 0.15) is 6.10 Å². The monoisotopic (exact) mass is 281 g/mol. The van der Waals surface area contributed by atoms with E-state index in [1.807, 2.05) is 0 Å². The molecule has 2 N–H and O–H groups in total. The second kappa shape index (κ2) is 6.87. The van der Waals surface area contributed by atoms with Crippen LogP contribution in [0.2, 0.25) is 0 Å². The first kappa shape index (κ1) is 15.0. The van der Waals surface area contributed by atoms with Gasteiger partial charge in [0.15, 0.2) is 0 Å². The van der Waals surface area contributed by atoms with Gasteiger partial charge in [-0.3, -0.25) is 0 Å². The fourth-order valence-electron chi connectivity index (χ4n) is 3.20. The van der Waals surface area contributed by atoms with E-state index in [2.05, 4.69) is 38.3 Å². The van der Waals surface area contributed by atoms with Gasteiger partial charge in [-0.25, -0.2) is 0 Å². The van der Waals surface area contributed by atoms with Crippen molar-refractivity contribution in [3.05, 3.63) is 22.4 Å². The van der Waals surface area contributed by atoms with E-state index in [-0.39, 0.29) is 6.10 Å². The van der Waals surface area contributed by atoms with Crippen LogP contribution in [0.4, 0.5) is 0 Å². The van der Waals surface area contributed by atoms with Crippen molar-refractivity contribution in [3.8, 4) is 0 Å². The Morgan fingerprint density at radius 2 is 2.21 bits per heavy atom. The van der Waals surface area contributed by atoms with Crippen molar-refractivity contribution in [2.45, 2.75) is 52.2 Å². The summed E-state index contributed by atoms with van der Waals surface area (Å²) in [4.78, 5) is 1.27. The Labute approximate surface area is 121 Å². The third-order valence-electron chi connectivity index (χ3n) is 4.37. The van der Waals surface area contributed by atoms with E-state index in [9.17, 15) is 0 Å². The van der Waals surface area contributed by atoms with Crippen LogP contribution < -0.4 is 5.73 Å². The smallest absolute Gasteiger partial charge is 0.104 e. The molecule has 0 bridgehead atoms. The van der Waals surface area contributed by atoms with E-state index in [0.717, 1.165) is 5.92 Å². The number of ether oxygens (including phenoxy) is 1. The summed E-state index contributed by atoms with van der Waals surface area (Å²) in [6.07, 6.45) is 4.28. The normalized spacial score (nSPS) is 29.6. The number of thiophene rings is 1. The Hall–Kier alpha value is -0.380. The van der Waals surface area contributed by atoms with Crippen LogP contribution in [-0.4, -0.2) is 12.6 Å². The third kappa shape index (κ3) is 3.80. The lowest BCUT2D eigenvalue weighted by Crippen LogP contribution is -2.36. The Bertz CT molecular complexity index is 363. The Balaban J connectivity index is 2.05. The second-order valence-electron chi connectivity index (χ2n) is 6.24. The van der Waals surface area contributed by atoms with Gasteiger partial charge >= 0.3 is 0 Å². The molecular formula is C16H27NOS. The molecule has 1 aliphatic carbocycles. The average Bonchev–Trinajstić information content (AvgIpc) is 2.89. The lowest BCUT2D eigenvalue weighted by Gasteiger charge is -2.38. The van der Waals surface area contributed by atoms with E-state index >= 15 is 0 Å². The lowest BCUT2D eigenvalue weighted by atomic mass is 9.75. The van der Waals surface area contributed by atoms with Crippen LogP contribution in [0.15, 0.2) is 17.5 Å². The number of nitrogens with two attached hydrogens (primary N) is 1. The molecule has 1 saturated carbocycles. The first-order valence-corrected chi connectivity index (χ1v) is 8.38. The molecule has 19 heavy (non-hydrogen) atoms. The lowest BCUT2D eigenvalue weighted by molar-refractivity contribution is -0.0774. The minimum Gasteiger partial charge on any atom is -0.368 e. The van der Waals surface area contributed by atoms with Crippen molar-refractivity contribution in [2.75, 3.05) is 6.54 Å². The summed E-state index contributed by atoms with van der Waals surface area (Å²) in [5, 5.41) is 2.10. The van der Waals surface area contributed by atoms with Crippen LogP contribution in [0.3, 0.4) is 0 Å². The van der Waals surface area contributed by atoms with Crippen molar-refractivity contribution in [1.29, 1.82) is 0 Å². The predicted molar refractivity (Wildman–Crippen MR) is 82.3 cm³/mol. The Morgan fingerprint density at radius 3 is 2.79 bits per heavy atom. The summed E-state index contributed by atoms with van der Waals surface area (Å²) in [7, 11) is 0. The molecule has 1 aliphatic rings. The van der Waals surface area contributed by atoms with E-state index < -0.39 is 0 Å². The van der Waals surface area contributed by atoms with Crippen molar-refractivity contribution >= 4 is 11.3 Å². The molecule has 0 amide bonds. The van der Waals surface area contributed by atoms with Crippen LogP contribution in [-0.2, 0) is 4.74 Å². The molecule has 2 rings (SSSR count). The summed E-state index contributed by atoms with van der Waals surface area (Å²) in [6.45, 7) is 7.56. The number of hydrogen-bond donors (Lipinski definition) is 1. The molecule has 0 aromatic carbocycles. The first-order chi connectivity index (χ1) is 9.11. The highest BCUT2D eigenvalue weighted by molar-refractivity contribution is 7.10. The van der Waals surface area contributed by atoms with Crippen molar-refractivity contribution in [1.82, 2.24) is 0 Å². The molecule has 0 aliphatic heterocycles. The number of rotatable bonds is 5. The third-order valence-corrected chi connectivity index (χ3v) is 5.34. The van der Waals surface area contributed by atoms with Crippen LogP contribution in [0.5, 0.6) is 0 Å². The molecule has 1 aromatic rings. The van der Waals surface area contributed by atoms with Gasteiger partial charge in [0, 0.05) is 11.4 Å². The van der Waals surface area contributed by atoms with E-state index in [1.54, 1.807) is 11.3 Å². The molecule has 1 heterocycles. The van der Waals surface area contributed by atoms with Crippen LogP contribution in [0, 0.1) is 17.8 Å². The minimum atomic E-state index is 0.0801. The second-order valence-corrected chi connectivity index (χ2v) is 7.22. The van der Waals surface area contributed by atoms with Gasteiger partial charge in [-0.05, 0) is 42.0 Å². The molecule has 1 aromatic heterocycles. The molecule has 2 nitrogen and oxygen atoms in total. The van der Waals surface area contributed by atoms with Crippen molar-refractivity contribution in [2.24, 2.45) is 23.5 Å². The maximum absolute atomic E-state index is 6.41. The van der Waals surface area contributed by atoms with Crippen molar-refractivity contribution in [3.63, 3.8) is 0 Å². The van der Waals surface area contributed by atoms with Gasteiger partial charge in [0.25, 0.3) is 0 Å². The highest BCUT2D eigenvalue weighted by atomic mass is 32.1. The van der Waals surface area contributed by atoms with E-state index in [1.165, 1.54) is 24.1 Å². The molecule has 0 saturated heterocycles.